The highest BCUT2D eigenvalue weighted by atomic mass is 16.7. The van der Waals surface area contributed by atoms with E-state index in [1.54, 1.807) is 6.92 Å². The first-order valence-electron chi connectivity index (χ1n) is 6.10. The van der Waals surface area contributed by atoms with Crippen molar-refractivity contribution in [3.05, 3.63) is 0 Å². The van der Waals surface area contributed by atoms with Gasteiger partial charge in [-0.05, 0) is 6.92 Å². The third-order valence-corrected chi connectivity index (χ3v) is 2.94. The van der Waals surface area contributed by atoms with E-state index in [0.717, 1.165) is 0 Å². The number of nitrogens with one attached hydrogen (secondary N) is 1. The summed E-state index contributed by atoms with van der Waals surface area (Å²) >= 11 is 0. The van der Waals surface area contributed by atoms with Crippen LogP contribution in [-0.2, 0) is 19.2 Å². The normalized spacial score (nSPS) is 22.8. The maximum Gasteiger partial charge on any atom is 0.336 e. The molecule has 1 fully saturated rings. The molecule has 0 radical (unpaired) electrons. The Bertz CT molecular complexity index is 400. The number of piperazine rings is 1. The second-order valence-corrected chi connectivity index (χ2v) is 4.74. The van der Waals surface area contributed by atoms with Crippen LogP contribution in [0.15, 0.2) is 0 Å². The maximum atomic E-state index is 11.7. The monoisotopic (exact) mass is 290 g/mol. The molecular formula is C11H18N2O7. The molecule has 0 bridgehead atoms. The van der Waals surface area contributed by atoms with Crippen LogP contribution in [0.4, 0.5) is 0 Å². The highest BCUT2D eigenvalue weighted by Crippen LogP contribution is 2.18. The van der Waals surface area contributed by atoms with Crippen LogP contribution in [0.3, 0.4) is 0 Å². The molecule has 0 amide bonds. The Morgan fingerprint density at radius 1 is 1.35 bits per heavy atom. The van der Waals surface area contributed by atoms with E-state index in [9.17, 15) is 19.5 Å². The highest BCUT2D eigenvalue weighted by Gasteiger charge is 2.42. The minimum absolute atomic E-state index is 0.0925. The van der Waals surface area contributed by atoms with Crippen LogP contribution >= 0.6 is 0 Å². The van der Waals surface area contributed by atoms with Gasteiger partial charge in [0.15, 0.2) is 5.60 Å². The van der Waals surface area contributed by atoms with Gasteiger partial charge in [0.25, 0.3) is 0 Å². The Labute approximate surface area is 115 Å². The fourth-order valence-electron chi connectivity index (χ4n) is 1.82. The number of carbonyl (C=O) groups is 3. The summed E-state index contributed by atoms with van der Waals surface area (Å²) in [6.45, 7) is 3.44. The number of rotatable bonds is 6. The standard InChI is InChI=1S/C11H18N2O7/c1-7-6-12-2-3-13(7)20-9(16)5-11(19,10(17)18)4-8(14)15/h7,12,19H,2-6H2,1H3,(H,14,15)(H,17,18). The molecule has 9 nitrogen and oxygen atoms in total. The van der Waals surface area contributed by atoms with E-state index < -0.39 is 36.4 Å². The lowest BCUT2D eigenvalue weighted by Gasteiger charge is -2.32. The Balaban J connectivity index is 2.62. The number of aliphatic carboxylic acids is 2. The number of aliphatic hydroxyl groups is 1. The minimum Gasteiger partial charge on any atom is -0.481 e. The van der Waals surface area contributed by atoms with Crippen molar-refractivity contribution in [3.8, 4) is 0 Å². The molecule has 20 heavy (non-hydrogen) atoms. The molecule has 0 aromatic rings. The number of hydrogen-bond acceptors (Lipinski definition) is 7. The van der Waals surface area contributed by atoms with Gasteiger partial charge in [-0.25, -0.2) is 4.79 Å². The molecule has 0 aliphatic carbocycles. The smallest absolute Gasteiger partial charge is 0.336 e. The Kier molecular flexibility index (Phi) is 5.43. The second kappa shape index (κ2) is 6.64. The van der Waals surface area contributed by atoms with Gasteiger partial charge in [0.1, 0.15) is 0 Å². The van der Waals surface area contributed by atoms with Crippen molar-refractivity contribution in [2.45, 2.75) is 31.4 Å². The van der Waals surface area contributed by atoms with Crippen molar-refractivity contribution >= 4 is 17.9 Å². The summed E-state index contributed by atoms with van der Waals surface area (Å²) in [6.07, 6.45) is -2.00. The first kappa shape index (κ1) is 16.3. The van der Waals surface area contributed by atoms with Crippen molar-refractivity contribution in [2.24, 2.45) is 0 Å². The van der Waals surface area contributed by atoms with Gasteiger partial charge >= 0.3 is 17.9 Å². The number of nitrogens with zero attached hydrogens (tertiary/aromatic N) is 1. The summed E-state index contributed by atoms with van der Waals surface area (Å²) in [6, 6.07) is -0.0925. The van der Waals surface area contributed by atoms with Crippen LogP contribution in [0.2, 0.25) is 0 Å². The van der Waals surface area contributed by atoms with Crippen molar-refractivity contribution in [3.63, 3.8) is 0 Å². The molecule has 1 saturated heterocycles. The first-order valence-corrected chi connectivity index (χ1v) is 6.10. The summed E-state index contributed by atoms with van der Waals surface area (Å²) in [5.41, 5.74) is -2.67. The van der Waals surface area contributed by atoms with E-state index >= 15 is 0 Å². The maximum absolute atomic E-state index is 11.7. The largest absolute Gasteiger partial charge is 0.481 e. The summed E-state index contributed by atoms with van der Waals surface area (Å²) in [4.78, 5) is 38.1. The summed E-state index contributed by atoms with van der Waals surface area (Å²) in [7, 11) is 0. The summed E-state index contributed by atoms with van der Waals surface area (Å²) in [5.74, 6) is -4.27. The van der Waals surface area contributed by atoms with Crippen molar-refractivity contribution in [1.29, 1.82) is 0 Å². The van der Waals surface area contributed by atoms with Crippen molar-refractivity contribution in [2.75, 3.05) is 19.6 Å². The Hall–Kier alpha value is -1.71. The molecular weight excluding hydrogens is 272 g/mol. The van der Waals surface area contributed by atoms with E-state index in [-0.39, 0.29) is 6.04 Å². The van der Waals surface area contributed by atoms with Gasteiger partial charge in [-0.1, -0.05) is 0 Å². The number of hydroxylamine groups is 2. The Morgan fingerprint density at radius 2 is 2.00 bits per heavy atom. The van der Waals surface area contributed by atoms with E-state index in [1.165, 1.54) is 5.06 Å². The molecule has 0 aromatic heterocycles. The average Bonchev–Trinajstić information content (AvgIpc) is 2.30. The van der Waals surface area contributed by atoms with Crippen LogP contribution in [0.25, 0.3) is 0 Å². The van der Waals surface area contributed by atoms with E-state index in [4.69, 9.17) is 15.1 Å². The van der Waals surface area contributed by atoms with Crippen LogP contribution in [0, 0.1) is 0 Å². The van der Waals surface area contributed by atoms with E-state index in [1.807, 2.05) is 0 Å². The van der Waals surface area contributed by atoms with Crippen LogP contribution < -0.4 is 5.32 Å². The lowest BCUT2D eigenvalue weighted by atomic mass is 9.96. The second-order valence-electron chi connectivity index (χ2n) is 4.74. The summed E-state index contributed by atoms with van der Waals surface area (Å²) in [5, 5.41) is 31.6. The SMILES string of the molecule is CC1CNCCN1OC(=O)CC(O)(CC(=O)O)C(=O)O. The van der Waals surface area contributed by atoms with Gasteiger partial charge in [-0.2, -0.15) is 0 Å². The molecule has 9 heteroatoms. The molecule has 1 aliphatic rings. The zero-order valence-electron chi connectivity index (χ0n) is 11.0. The molecule has 0 aromatic carbocycles. The third-order valence-electron chi connectivity index (χ3n) is 2.94. The third kappa shape index (κ3) is 4.44. The molecule has 2 atom stereocenters. The van der Waals surface area contributed by atoms with E-state index in [0.29, 0.717) is 19.6 Å². The minimum atomic E-state index is -2.67. The molecule has 4 N–H and O–H groups in total. The fourth-order valence-corrected chi connectivity index (χ4v) is 1.82. The topological polar surface area (TPSA) is 136 Å². The highest BCUT2D eigenvalue weighted by molar-refractivity contribution is 5.88. The summed E-state index contributed by atoms with van der Waals surface area (Å²) < 4.78 is 0. The van der Waals surface area contributed by atoms with Gasteiger partial charge in [-0.15, -0.1) is 5.06 Å². The fraction of sp³-hybridized carbons (Fsp3) is 0.727. The van der Waals surface area contributed by atoms with Gasteiger partial charge in [0.2, 0.25) is 0 Å². The molecule has 0 saturated carbocycles. The number of carboxylic acid groups (broad SMARTS) is 2. The molecule has 2 unspecified atom stereocenters. The number of carboxylic acids is 2. The van der Waals surface area contributed by atoms with Gasteiger partial charge in [-0.3, -0.25) is 9.59 Å². The molecule has 1 aliphatic heterocycles. The molecule has 1 rings (SSSR count). The lowest BCUT2D eigenvalue weighted by Crippen LogP contribution is -2.51. The quantitative estimate of drug-likeness (QED) is 0.456. The first-order chi connectivity index (χ1) is 9.24. The van der Waals surface area contributed by atoms with Crippen molar-refractivity contribution < 1.29 is 34.5 Å². The van der Waals surface area contributed by atoms with E-state index in [2.05, 4.69) is 5.32 Å². The average molecular weight is 290 g/mol. The molecule has 114 valence electrons. The number of carbonyl (C=O) groups excluding carboxylic acids is 1. The van der Waals surface area contributed by atoms with Crippen LogP contribution in [0.1, 0.15) is 19.8 Å². The van der Waals surface area contributed by atoms with Gasteiger partial charge < -0.3 is 25.5 Å². The molecule has 0 spiro atoms. The zero-order chi connectivity index (χ0) is 15.3. The van der Waals surface area contributed by atoms with Crippen LogP contribution in [0.5, 0.6) is 0 Å². The lowest BCUT2D eigenvalue weighted by molar-refractivity contribution is -0.210. The van der Waals surface area contributed by atoms with Gasteiger partial charge in [0, 0.05) is 19.6 Å². The molecule has 1 heterocycles. The predicted octanol–water partition coefficient (Wildman–Crippen LogP) is -1.58. The number of hydrogen-bond donors (Lipinski definition) is 4. The van der Waals surface area contributed by atoms with Gasteiger partial charge in [0.05, 0.1) is 18.9 Å². The van der Waals surface area contributed by atoms with Crippen LogP contribution in [-0.4, -0.2) is 69.6 Å². The predicted molar refractivity (Wildman–Crippen MR) is 64.6 cm³/mol. The Morgan fingerprint density at radius 3 is 2.50 bits per heavy atom. The zero-order valence-corrected chi connectivity index (χ0v) is 11.0. The van der Waals surface area contributed by atoms with Crippen molar-refractivity contribution in [1.82, 2.24) is 10.4 Å².